The maximum absolute atomic E-state index is 13.1. The van der Waals surface area contributed by atoms with Crippen LogP contribution >= 0.6 is 0 Å². The van der Waals surface area contributed by atoms with E-state index in [4.69, 9.17) is 0 Å². The van der Waals surface area contributed by atoms with Crippen molar-refractivity contribution in [3.8, 4) is 0 Å². The minimum absolute atomic E-state index is 0.0318. The molecule has 2 fully saturated rings. The molecule has 1 aromatic carbocycles. The number of piperidine rings is 1. The van der Waals surface area contributed by atoms with Crippen molar-refractivity contribution in [1.82, 2.24) is 10.2 Å². The number of benzene rings is 1. The number of hydrogen-bond acceptors (Lipinski definition) is 3. The summed E-state index contributed by atoms with van der Waals surface area (Å²) < 4.78 is 13.1. The highest BCUT2D eigenvalue weighted by Gasteiger charge is 2.38. The number of hydrogen-bond donors (Lipinski definition) is 1. The first-order valence-corrected chi connectivity index (χ1v) is 9.50. The topological polar surface area (TPSA) is 69.7 Å². The average Bonchev–Trinajstić information content (AvgIpc) is 3.03. The van der Waals surface area contributed by atoms with Crippen LogP contribution in [0.3, 0.4) is 0 Å². The van der Waals surface area contributed by atoms with Gasteiger partial charge in [-0.15, -0.1) is 0 Å². The Labute approximate surface area is 158 Å². The third-order valence-electron chi connectivity index (χ3n) is 5.22. The van der Waals surface area contributed by atoms with E-state index in [1.807, 2.05) is 13.8 Å². The van der Waals surface area contributed by atoms with Crippen LogP contribution in [0.1, 0.15) is 33.1 Å². The summed E-state index contributed by atoms with van der Waals surface area (Å²) in [6.45, 7) is 5.25. The zero-order chi connectivity index (χ0) is 19.6. The maximum Gasteiger partial charge on any atom is 0.228 e. The van der Waals surface area contributed by atoms with Gasteiger partial charge in [-0.2, -0.15) is 0 Å². The Bertz CT molecular complexity index is 712. The van der Waals surface area contributed by atoms with Crippen LogP contribution in [-0.4, -0.2) is 48.3 Å². The number of carbonyl (C=O) groups excluding carboxylic acids is 3. The van der Waals surface area contributed by atoms with Crippen molar-refractivity contribution in [2.75, 3.05) is 24.5 Å². The second-order valence-corrected chi connectivity index (χ2v) is 7.64. The summed E-state index contributed by atoms with van der Waals surface area (Å²) in [6, 6.07) is 5.84. The Morgan fingerprint density at radius 1 is 1.11 bits per heavy atom. The number of nitrogens with one attached hydrogen (secondary N) is 1. The molecule has 2 aliphatic heterocycles. The molecule has 6 nitrogen and oxygen atoms in total. The van der Waals surface area contributed by atoms with Crippen molar-refractivity contribution in [3.63, 3.8) is 0 Å². The predicted molar refractivity (Wildman–Crippen MR) is 99.4 cm³/mol. The van der Waals surface area contributed by atoms with E-state index in [9.17, 15) is 18.8 Å². The molecule has 3 amide bonds. The number of halogens is 1. The molecule has 2 heterocycles. The molecule has 1 unspecified atom stereocenters. The molecule has 1 aromatic rings. The van der Waals surface area contributed by atoms with Crippen LogP contribution in [0, 0.1) is 17.7 Å². The lowest BCUT2D eigenvalue weighted by Gasteiger charge is -2.33. The van der Waals surface area contributed by atoms with Crippen LogP contribution in [0.5, 0.6) is 0 Å². The molecule has 3 rings (SSSR count). The van der Waals surface area contributed by atoms with Gasteiger partial charge in [0.05, 0.1) is 5.92 Å². The molecule has 0 radical (unpaired) electrons. The summed E-state index contributed by atoms with van der Waals surface area (Å²) in [6.07, 6.45) is 1.46. The first-order valence-electron chi connectivity index (χ1n) is 9.50. The lowest BCUT2D eigenvalue weighted by atomic mass is 9.94. The molecule has 7 heteroatoms. The number of amides is 3. The second kappa shape index (κ2) is 8.06. The van der Waals surface area contributed by atoms with Crippen molar-refractivity contribution in [2.45, 2.75) is 39.2 Å². The van der Waals surface area contributed by atoms with Crippen molar-refractivity contribution < 1.29 is 18.8 Å². The Balaban J connectivity index is 1.55. The first kappa shape index (κ1) is 19.3. The average molecular weight is 375 g/mol. The van der Waals surface area contributed by atoms with Crippen molar-refractivity contribution in [2.24, 2.45) is 11.8 Å². The zero-order valence-electron chi connectivity index (χ0n) is 15.8. The number of rotatable bonds is 4. The smallest absolute Gasteiger partial charge is 0.228 e. The third kappa shape index (κ3) is 4.46. The summed E-state index contributed by atoms with van der Waals surface area (Å²) >= 11 is 0. The highest BCUT2D eigenvalue weighted by atomic mass is 19.1. The van der Waals surface area contributed by atoms with Crippen LogP contribution in [0.15, 0.2) is 24.3 Å². The molecule has 1 atom stereocenters. The molecule has 146 valence electrons. The van der Waals surface area contributed by atoms with Crippen LogP contribution < -0.4 is 10.2 Å². The number of likely N-dealkylation sites (tertiary alicyclic amines) is 1. The van der Waals surface area contributed by atoms with Gasteiger partial charge < -0.3 is 15.1 Å². The lowest BCUT2D eigenvalue weighted by molar-refractivity contribution is -0.139. The van der Waals surface area contributed by atoms with Crippen molar-refractivity contribution in [1.29, 1.82) is 0 Å². The SMILES string of the molecule is CC(C)NC(=O)C1CCN(C(=O)C2CC(=O)N(c3ccc(F)cc3)C2)CC1. The fourth-order valence-electron chi connectivity index (χ4n) is 3.77. The van der Waals surface area contributed by atoms with E-state index in [0.29, 0.717) is 38.2 Å². The summed E-state index contributed by atoms with van der Waals surface area (Å²) in [5.41, 5.74) is 0.612. The molecule has 27 heavy (non-hydrogen) atoms. The summed E-state index contributed by atoms with van der Waals surface area (Å²) in [5.74, 6) is -0.902. The van der Waals surface area contributed by atoms with Gasteiger partial charge in [0.1, 0.15) is 5.82 Å². The number of nitrogens with zero attached hydrogens (tertiary/aromatic N) is 2. The van der Waals surface area contributed by atoms with E-state index in [2.05, 4.69) is 5.32 Å². The van der Waals surface area contributed by atoms with Crippen LogP contribution in [0.2, 0.25) is 0 Å². The molecule has 0 aliphatic carbocycles. The summed E-state index contributed by atoms with van der Waals surface area (Å²) in [7, 11) is 0. The maximum atomic E-state index is 13.1. The van der Waals surface area contributed by atoms with Gasteiger partial charge in [0.25, 0.3) is 0 Å². The van der Waals surface area contributed by atoms with E-state index in [1.165, 1.54) is 12.1 Å². The minimum Gasteiger partial charge on any atom is -0.354 e. The van der Waals surface area contributed by atoms with Gasteiger partial charge in [-0.05, 0) is 51.0 Å². The second-order valence-electron chi connectivity index (χ2n) is 7.64. The standard InChI is InChI=1S/C20H26FN3O3/c1-13(2)22-19(26)14-7-9-23(10-8-14)20(27)15-11-18(25)24(12-15)17-5-3-16(21)4-6-17/h3-6,13-15H,7-12H2,1-2H3,(H,22,26). The highest BCUT2D eigenvalue weighted by Crippen LogP contribution is 2.28. The van der Waals surface area contributed by atoms with Crippen LogP contribution in [0.4, 0.5) is 10.1 Å². The Kier molecular flexibility index (Phi) is 5.77. The molecule has 0 aromatic heterocycles. The van der Waals surface area contributed by atoms with E-state index < -0.39 is 0 Å². The van der Waals surface area contributed by atoms with E-state index in [1.54, 1.807) is 21.9 Å². The van der Waals surface area contributed by atoms with Crippen LogP contribution in [-0.2, 0) is 14.4 Å². The largest absolute Gasteiger partial charge is 0.354 e. The lowest BCUT2D eigenvalue weighted by Crippen LogP contribution is -2.46. The van der Waals surface area contributed by atoms with Gasteiger partial charge in [-0.25, -0.2) is 4.39 Å². The predicted octanol–water partition coefficient (Wildman–Crippen LogP) is 1.94. The summed E-state index contributed by atoms with van der Waals surface area (Å²) in [5, 5.41) is 2.92. The van der Waals surface area contributed by atoms with E-state index in [-0.39, 0.29) is 47.8 Å². The molecule has 0 bridgehead atoms. The van der Waals surface area contributed by atoms with E-state index in [0.717, 1.165) is 0 Å². The molecule has 0 saturated carbocycles. The number of anilines is 1. The monoisotopic (exact) mass is 375 g/mol. The fraction of sp³-hybridized carbons (Fsp3) is 0.550. The van der Waals surface area contributed by atoms with Crippen molar-refractivity contribution in [3.05, 3.63) is 30.1 Å². The normalized spacial score (nSPS) is 21.0. The van der Waals surface area contributed by atoms with Gasteiger partial charge in [-0.1, -0.05) is 0 Å². The Hall–Kier alpha value is -2.44. The summed E-state index contributed by atoms with van der Waals surface area (Å²) in [4.78, 5) is 40.6. The van der Waals surface area contributed by atoms with Gasteiger partial charge in [0.15, 0.2) is 0 Å². The fourth-order valence-corrected chi connectivity index (χ4v) is 3.77. The minimum atomic E-state index is -0.386. The van der Waals surface area contributed by atoms with E-state index >= 15 is 0 Å². The first-order chi connectivity index (χ1) is 12.8. The van der Waals surface area contributed by atoms with Gasteiger partial charge in [0.2, 0.25) is 17.7 Å². The number of carbonyl (C=O) groups is 3. The molecule has 0 spiro atoms. The Morgan fingerprint density at radius 3 is 2.33 bits per heavy atom. The van der Waals surface area contributed by atoms with Gasteiger partial charge in [0, 0.05) is 43.7 Å². The zero-order valence-corrected chi connectivity index (χ0v) is 15.8. The molecular formula is C20H26FN3O3. The Morgan fingerprint density at radius 2 is 1.74 bits per heavy atom. The van der Waals surface area contributed by atoms with Gasteiger partial charge >= 0.3 is 0 Å². The molecular weight excluding hydrogens is 349 g/mol. The molecule has 2 aliphatic rings. The molecule has 2 saturated heterocycles. The van der Waals surface area contributed by atoms with Crippen LogP contribution in [0.25, 0.3) is 0 Å². The van der Waals surface area contributed by atoms with Crippen molar-refractivity contribution >= 4 is 23.4 Å². The molecule has 1 N–H and O–H groups in total. The quantitative estimate of drug-likeness (QED) is 0.874. The van der Waals surface area contributed by atoms with Gasteiger partial charge in [-0.3, -0.25) is 14.4 Å². The highest BCUT2D eigenvalue weighted by molar-refractivity contribution is 6.00. The third-order valence-corrected chi connectivity index (χ3v) is 5.22.